The van der Waals surface area contributed by atoms with Crippen LogP contribution in [0.5, 0.6) is 0 Å². The second kappa shape index (κ2) is 7.89. The minimum absolute atomic E-state index is 0.113. The summed E-state index contributed by atoms with van der Waals surface area (Å²) in [5.74, 6) is -0.304. The summed E-state index contributed by atoms with van der Waals surface area (Å²) in [6.45, 7) is 6.17. The standard InChI is InChI=1S/C25H28N4O2S/c1-16-10-11-17(2)20(13-16)29-23(30)21-14-19(22-9-6-12-32-22)27-28(21)15-25(29,3)24(31)26-18-7-4-5-8-18/h6,9-14,18H,4-5,7-8,15H2,1-3H3,(H,26,31). The number of hydrogen-bond donors (Lipinski definition) is 1. The Hall–Kier alpha value is -2.93. The molecule has 166 valence electrons. The molecule has 3 heterocycles. The SMILES string of the molecule is Cc1ccc(C)c(N2C(=O)c3cc(-c4cccs4)nn3CC2(C)C(=O)NC2CCCC2)c1. The monoisotopic (exact) mass is 448 g/mol. The average molecular weight is 449 g/mol. The molecule has 1 aliphatic carbocycles. The molecule has 3 aromatic rings. The zero-order valence-electron chi connectivity index (χ0n) is 18.7. The van der Waals surface area contributed by atoms with Gasteiger partial charge < -0.3 is 5.32 Å². The van der Waals surface area contributed by atoms with Crippen LogP contribution in [0.15, 0.2) is 41.8 Å². The van der Waals surface area contributed by atoms with Crippen molar-refractivity contribution >= 4 is 28.8 Å². The zero-order valence-corrected chi connectivity index (χ0v) is 19.5. The van der Waals surface area contributed by atoms with Crippen molar-refractivity contribution in [3.05, 3.63) is 58.6 Å². The van der Waals surface area contributed by atoms with E-state index in [-0.39, 0.29) is 17.9 Å². The second-order valence-electron chi connectivity index (χ2n) is 9.21. The first-order valence-electron chi connectivity index (χ1n) is 11.2. The van der Waals surface area contributed by atoms with Crippen LogP contribution in [-0.4, -0.2) is 33.2 Å². The lowest BCUT2D eigenvalue weighted by Crippen LogP contribution is -2.65. The fraction of sp³-hybridized carbons (Fsp3) is 0.400. The van der Waals surface area contributed by atoms with Crippen LogP contribution in [-0.2, 0) is 11.3 Å². The van der Waals surface area contributed by atoms with E-state index < -0.39 is 5.54 Å². The number of amides is 2. The van der Waals surface area contributed by atoms with E-state index in [0.717, 1.165) is 53.1 Å². The van der Waals surface area contributed by atoms with Gasteiger partial charge in [-0.2, -0.15) is 5.10 Å². The van der Waals surface area contributed by atoms with Gasteiger partial charge >= 0.3 is 0 Å². The number of aromatic nitrogens is 2. The number of benzene rings is 1. The van der Waals surface area contributed by atoms with Gasteiger partial charge in [0.25, 0.3) is 5.91 Å². The van der Waals surface area contributed by atoms with Crippen LogP contribution < -0.4 is 10.2 Å². The Balaban J connectivity index is 1.61. The Morgan fingerprint density at radius 2 is 1.97 bits per heavy atom. The van der Waals surface area contributed by atoms with Gasteiger partial charge in [-0.05, 0) is 68.3 Å². The Bertz CT molecular complexity index is 1180. The van der Waals surface area contributed by atoms with Crippen molar-refractivity contribution in [3.63, 3.8) is 0 Å². The van der Waals surface area contributed by atoms with Gasteiger partial charge in [0.2, 0.25) is 5.91 Å². The van der Waals surface area contributed by atoms with Crippen LogP contribution in [0.3, 0.4) is 0 Å². The largest absolute Gasteiger partial charge is 0.351 e. The second-order valence-corrected chi connectivity index (χ2v) is 10.2. The lowest BCUT2D eigenvalue weighted by atomic mass is 9.92. The van der Waals surface area contributed by atoms with E-state index in [1.807, 2.05) is 62.5 Å². The first kappa shape index (κ1) is 20.9. The maximum absolute atomic E-state index is 13.9. The van der Waals surface area contributed by atoms with Gasteiger partial charge in [0.1, 0.15) is 16.9 Å². The molecule has 0 spiro atoms. The summed E-state index contributed by atoms with van der Waals surface area (Å²) in [5.41, 5.74) is 3.00. The highest BCUT2D eigenvalue weighted by Gasteiger charge is 2.49. The molecule has 1 unspecified atom stereocenters. The molecule has 2 amide bonds. The number of hydrogen-bond acceptors (Lipinski definition) is 4. The number of nitrogens with zero attached hydrogens (tertiary/aromatic N) is 3. The topological polar surface area (TPSA) is 67.2 Å². The molecular weight excluding hydrogens is 420 g/mol. The maximum Gasteiger partial charge on any atom is 0.277 e. The van der Waals surface area contributed by atoms with Gasteiger partial charge in [0.05, 0.1) is 11.4 Å². The van der Waals surface area contributed by atoms with Gasteiger partial charge in [-0.15, -0.1) is 11.3 Å². The third-order valence-electron chi connectivity index (χ3n) is 6.71. The van der Waals surface area contributed by atoms with Crippen LogP contribution in [0.4, 0.5) is 5.69 Å². The van der Waals surface area contributed by atoms with Crippen LogP contribution in [0.1, 0.15) is 54.2 Å². The first-order valence-corrected chi connectivity index (χ1v) is 12.1. The molecule has 7 heteroatoms. The minimum atomic E-state index is -1.08. The highest BCUT2D eigenvalue weighted by atomic mass is 32.1. The summed E-state index contributed by atoms with van der Waals surface area (Å²) in [6.07, 6.45) is 4.26. The lowest BCUT2D eigenvalue weighted by Gasteiger charge is -2.44. The number of fused-ring (bicyclic) bond motifs is 1. The van der Waals surface area contributed by atoms with Crippen molar-refractivity contribution in [2.45, 2.75) is 64.6 Å². The fourth-order valence-electron chi connectivity index (χ4n) is 4.88. The summed E-state index contributed by atoms with van der Waals surface area (Å²) in [7, 11) is 0. The van der Waals surface area contributed by atoms with Crippen LogP contribution in [0.25, 0.3) is 10.6 Å². The number of carbonyl (C=O) groups is 2. The molecule has 1 atom stereocenters. The summed E-state index contributed by atoms with van der Waals surface area (Å²) in [6, 6.07) is 12.0. The van der Waals surface area contributed by atoms with Crippen molar-refractivity contribution < 1.29 is 9.59 Å². The van der Waals surface area contributed by atoms with Gasteiger partial charge in [-0.25, -0.2) is 0 Å². The molecule has 32 heavy (non-hydrogen) atoms. The molecule has 0 radical (unpaired) electrons. The van der Waals surface area contributed by atoms with E-state index in [9.17, 15) is 9.59 Å². The molecule has 1 fully saturated rings. The van der Waals surface area contributed by atoms with Gasteiger partial charge in [-0.1, -0.05) is 31.0 Å². The van der Waals surface area contributed by atoms with E-state index in [2.05, 4.69) is 5.32 Å². The van der Waals surface area contributed by atoms with E-state index in [4.69, 9.17) is 5.10 Å². The van der Waals surface area contributed by atoms with Crippen molar-refractivity contribution in [3.8, 4) is 10.6 Å². The number of rotatable bonds is 4. The van der Waals surface area contributed by atoms with Crippen molar-refractivity contribution in [2.75, 3.05) is 4.90 Å². The smallest absolute Gasteiger partial charge is 0.277 e. The molecule has 6 nitrogen and oxygen atoms in total. The minimum Gasteiger partial charge on any atom is -0.351 e. The summed E-state index contributed by atoms with van der Waals surface area (Å²) < 4.78 is 1.72. The predicted octanol–water partition coefficient (Wildman–Crippen LogP) is 4.71. The quantitative estimate of drug-likeness (QED) is 0.629. The highest BCUT2D eigenvalue weighted by Crippen LogP contribution is 2.37. The van der Waals surface area contributed by atoms with E-state index in [1.165, 1.54) is 0 Å². The van der Waals surface area contributed by atoms with Crippen LogP contribution in [0, 0.1) is 13.8 Å². The third kappa shape index (κ3) is 3.45. The van der Waals surface area contributed by atoms with E-state index >= 15 is 0 Å². The van der Waals surface area contributed by atoms with Crippen LogP contribution >= 0.6 is 11.3 Å². The van der Waals surface area contributed by atoms with Gasteiger partial charge in [0, 0.05) is 11.7 Å². The molecular formula is C25H28N4O2S. The van der Waals surface area contributed by atoms with Gasteiger partial charge in [0.15, 0.2) is 0 Å². The molecule has 0 bridgehead atoms. The normalized spacial score (nSPS) is 21.1. The molecule has 2 aromatic heterocycles. The number of nitrogens with one attached hydrogen (secondary N) is 1. The molecule has 1 aliphatic heterocycles. The number of anilines is 1. The predicted molar refractivity (Wildman–Crippen MR) is 127 cm³/mol. The number of thiophene rings is 1. The molecule has 0 saturated heterocycles. The Morgan fingerprint density at radius 1 is 1.19 bits per heavy atom. The molecule has 1 saturated carbocycles. The van der Waals surface area contributed by atoms with Crippen molar-refractivity contribution in [1.29, 1.82) is 0 Å². The Morgan fingerprint density at radius 3 is 2.69 bits per heavy atom. The fourth-order valence-corrected chi connectivity index (χ4v) is 5.56. The number of carbonyl (C=O) groups excluding carboxylic acids is 2. The number of aryl methyl sites for hydroxylation is 2. The Labute approximate surface area is 192 Å². The average Bonchev–Trinajstić information content (AvgIpc) is 3.51. The van der Waals surface area contributed by atoms with Crippen LogP contribution in [0.2, 0.25) is 0 Å². The molecule has 1 N–H and O–H groups in total. The maximum atomic E-state index is 13.9. The summed E-state index contributed by atoms with van der Waals surface area (Å²) in [5, 5.41) is 9.95. The van der Waals surface area contributed by atoms with Gasteiger partial charge in [-0.3, -0.25) is 19.2 Å². The Kier molecular flexibility index (Phi) is 5.16. The zero-order chi connectivity index (χ0) is 22.5. The lowest BCUT2D eigenvalue weighted by molar-refractivity contribution is -0.127. The van der Waals surface area contributed by atoms with E-state index in [0.29, 0.717) is 12.2 Å². The van der Waals surface area contributed by atoms with Crippen molar-refractivity contribution in [2.24, 2.45) is 0 Å². The first-order chi connectivity index (χ1) is 15.4. The third-order valence-corrected chi connectivity index (χ3v) is 7.60. The molecule has 1 aromatic carbocycles. The highest BCUT2D eigenvalue weighted by molar-refractivity contribution is 7.13. The van der Waals surface area contributed by atoms with E-state index in [1.54, 1.807) is 20.9 Å². The summed E-state index contributed by atoms with van der Waals surface area (Å²) >= 11 is 1.59. The van der Waals surface area contributed by atoms with Crippen molar-refractivity contribution in [1.82, 2.24) is 15.1 Å². The molecule has 2 aliphatic rings. The summed E-state index contributed by atoms with van der Waals surface area (Å²) in [4.78, 5) is 30.3. The molecule has 5 rings (SSSR count).